The van der Waals surface area contributed by atoms with Crippen molar-refractivity contribution >= 4 is 17.7 Å². The summed E-state index contributed by atoms with van der Waals surface area (Å²) in [4.78, 5) is 11.1. The number of cyclic esters (lactones) is 1. The molecule has 0 saturated carbocycles. The summed E-state index contributed by atoms with van der Waals surface area (Å²) in [6, 6.07) is 0. The third kappa shape index (κ3) is 3.43. The average molecular weight is 200 g/mol. The number of thioether (sulfide) groups is 1. The third-order valence-corrected chi connectivity index (χ3v) is 2.89. The molecule has 2 nitrogen and oxygen atoms in total. The molecule has 1 heterocycles. The quantitative estimate of drug-likeness (QED) is 0.396. The van der Waals surface area contributed by atoms with Crippen LogP contribution in [0, 0.1) is 0 Å². The van der Waals surface area contributed by atoms with E-state index in [4.69, 9.17) is 4.74 Å². The van der Waals surface area contributed by atoms with Crippen LogP contribution >= 0.6 is 11.8 Å². The fraction of sp³-hybridized carbons (Fsp3) is 0.700. The van der Waals surface area contributed by atoms with Gasteiger partial charge in [0.25, 0.3) is 0 Å². The van der Waals surface area contributed by atoms with Crippen LogP contribution in [0.4, 0.5) is 0 Å². The molecule has 0 bridgehead atoms. The molecule has 1 atom stereocenters. The maximum Gasteiger partial charge on any atom is 0.334 e. The van der Waals surface area contributed by atoms with Crippen molar-refractivity contribution in [3.63, 3.8) is 0 Å². The number of esters is 1. The smallest absolute Gasteiger partial charge is 0.334 e. The summed E-state index contributed by atoms with van der Waals surface area (Å²) in [5.74, 6) is 0.971. The topological polar surface area (TPSA) is 26.3 Å². The first-order chi connectivity index (χ1) is 6.24. The maximum atomic E-state index is 11.1. The van der Waals surface area contributed by atoms with Crippen molar-refractivity contribution in [1.82, 2.24) is 0 Å². The lowest BCUT2D eigenvalue weighted by Gasteiger charge is -1.94. The lowest BCUT2D eigenvalue weighted by molar-refractivity contribution is -0.138. The van der Waals surface area contributed by atoms with E-state index >= 15 is 0 Å². The van der Waals surface area contributed by atoms with Crippen molar-refractivity contribution < 1.29 is 9.53 Å². The molecule has 0 aromatic carbocycles. The minimum absolute atomic E-state index is 0.0746. The number of rotatable bonds is 4. The van der Waals surface area contributed by atoms with Crippen molar-refractivity contribution in [2.75, 3.05) is 5.75 Å². The van der Waals surface area contributed by atoms with E-state index in [1.54, 1.807) is 11.8 Å². The van der Waals surface area contributed by atoms with E-state index in [1.807, 2.05) is 12.3 Å². The van der Waals surface area contributed by atoms with Gasteiger partial charge < -0.3 is 4.74 Å². The second kappa shape index (κ2) is 5.32. The van der Waals surface area contributed by atoms with E-state index in [2.05, 4.69) is 6.92 Å². The molecule has 0 aromatic rings. The summed E-state index contributed by atoms with van der Waals surface area (Å²) >= 11 is 1.72. The molecule has 1 unspecified atom stereocenters. The highest BCUT2D eigenvalue weighted by Gasteiger charge is 2.24. The molecular formula is C10H16O2S. The highest BCUT2D eigenvalue weighted by molar-refractivity contribution is 8.02. The van der Waals surface area contributed by atoms with Crippen LogP contribution < -0.4 is 0 Å². The van der Waals surface area contributed by atoms with Crippen LogP contribution in [0.25, 0.3) is 0 Å². The zero-order chi connectivity index (χ0) is 9.68. The summed E-state index contributed by atoms with van der Waals surface area (Å²) in [5, 5.41) is 1.96. The minimum Gasteiger partial charge on any atom is -0.459 e. The molecule has 1 aliphatic heterocycles. The van der Waals surface area contributed by atoms with Crippen molar-refractivity contribution in [3.8, 4) is 0 Å². The van der Waals surface area contributed by atoms with Gasteiger partial charge in [0.15, 0.2) is 0 Å². The van der Waals surface area contributed by atoms with Gasteiger partial charge in [-0.2, -0.15) is 0 Å². The van der Waals surface area contributed by atoms with E-state index in [-0.39, 0.29) is 12.1 Å². The summed E-state index contributed by atoms with van der Waals surface area (Å²) in [5.41, 5.74) is 0.841. The van der Waals surface area contributed by atoms with E-state index in [0.29, 0.717) is 0 Å². The Hall–Kier alpha value is -0.440. The Balaban J connectivity index is 2.30. The van der Waals surface area contributed by atoms with Crippen molar-refractivity contribution in [2.45, 2.75) is 39.2 Å². The fourth-order valence-corrected chi connectivity index (χ4v) is 2.14. The largest absolute Gasteiger partial charge is 0.459 e. The summed E-state index contributed by atoms with van der Waals surface area (Å²) in [7, 11) is 0. The summed E-state index contributed by atoms with van der Waals surface area (Å²) in [6.45, 7) is 4.09. The monoisotopic (exact) mass is 200 g/mol. The lowest BCUT2D eigenvalue weighted by Crippen LogP contribution is -1.99. The lowest BCUT2D eigenvalue weighted by atomic mass is 10.2. The normalized spacial score (nSPS) is 25.2. The van der Waals surface area contributed by atoms with Crippen LogP contribution in [0.1, 0.15) is 33.1 Å². The molecule has 0 N–H and O–H groups in total. The molecule has 1 fully saturated rings. The molecule has 0 aromatic heterocycles. The Morgan fingerprint density at radius 3 is 3.00 bits per heavy atom. The van der Waals surface area contributed by atoms with Crippen molar-refractivity contribution in [2.24, 2.45) is 0 Å². The Bertz CT molecular complexity index is 211. The molecule has 3 heteroatoms. The minimum atomic E-state index is -0.128. The maximum absolute atomic E-state index is 11.1. The van der Waals surface area contributed by atoms with E-state index in [0.717, 1.165) is 17.7 Å². The zero-order valence-electron chi connectivity index (χ0n) is 8.21. The number of carbonyl (C=O) groups is 1. The first-order valence-electron chi connectivity index (χ1n) is 4.75. The molecule has 0 radical (unpaired) electrons. The van der Waals surface area contributed by atoms with Gasteiger partial charge in [-0.15, -0.1) is 11.8 Å². The highest BCUT2D eigenvalue weighted by Crippen LogP contribution is 2.22. The van der Waals surface area contributed by atoms with Crippen LogP contribution in [0.3, 0.4) is 0 Å². The van der Waals surface area contributed by atoms with Crippen molar-refractivity contribution in [1.29, 1.82) is 0 Å². The van der Waals surface area contributed by atoms with Gasteiger partial charge in [0, 0.05) is 12.0 Å². The first kappa shape index (κ1) is 10.6. The SMILES string of the molecule is CCCCSC=C1CC(C)OC1=O. The molecule has 0 spiro atoms. The van der Waals surface area contributed by atoms with Gasteiger partial charge in [-0.1, -0.05) is 13.3 Å². The fourth-order valence-electron chi connectivity index (χ4n) is 1.18. The molecule has 1 saturated heterocycles. The first-order valence-corrected chi connectivity index (χ1v) is 5.80. The Kier molecular flexibility index (Phi) is 4.36. The molecule has 0 amide bonds. The third-order valence-electron chi connectivity index (χ3n) is 1.92. The zero-order valence-corrected chi connectivity index (χ0v) is 9.02. The summed E-state index contributed by atoms with van der Waals surface area (Å²) in [6.07, 6.45) is 3.26. The predicted molar refractivity (Wildman–Crippen MR) is 55.6 cm³/mol. The van der Waals surface area contributed by atoms with Gasteiger partial charge >= 0.3 is 5.97 Å². The second-order valence-electron chi connectivity index (χ2n) is 3.29. The molecule has 1 rings (SSSR count). The molecular weight excluding hydrogens is 184 g/mol. The second-order valence-corrected chi connectivity index (χ2v) is 4.26. The predicted octanol–water partition coefficient (Wildman–Crippen LogP) is 2.74. The van der Waals surface area contributed by atoms with Crippen LogP contribution in [-0.4, -0.2) is 17.8 Å². The highest BCUT2D eigenvalue weighted by atomic mass is 32.2. The van der Waals surface area contributed by atoms with Gasteiger partial charge in [0.2, 0.25) is 0 Å². The summed E-state index contributed by atoms with van der Waals surface area (Å²) < 4.78 is 5.01. The van der Waals surface area contributed by atoms with Crippen LogP contribution in [-0.2, 0) is 9.53 Å². The van der Waals surface area contributed by atoms with Gasteiger partial charge in [0.1, 0.15) is 6.10 Å². The van der Waals surface area contributed by atoms with E-state index < -0.39 is 0 Å². The van der Waals surface area contributed by atoms with Crippen LogP contribution in [0.5, 0.6) is 0 Å². The Labute approximate surface area is 83.7 Å². The number of ether oxygens (including phenoxy) is 1. The Morgan fingerprint density at radius 1 is 1.69 bits per heavy atom. The van der Waals surface area contributed by atoms with Gasteiger partial charge in [-0.05, 0) is 24.5 Å². The van der Waals surface area contributed by atoms with Gasteiger partial charge in [-0.3, -0.25) is 0 Å². The van der Waals surface area contributed by atoms with E-state index in [1.165, 1.54) is 12.8 Å². The average Bonchev–Trinajstić information content (AvgIpc) is 2.39. The van der Waals surface area contributed by atoms with Crippen molar-refractivity contribution in [3.05, 3.63) is 11.0 Å². The van der Waals surface area contributed by atoms with Gasteiger partial charge in [-0.25, -0.2) is 4.79 Å². The number of unbranched alkanes of at least 4 members (excludes halogenated alkanes) is 1. The number of carbonyl (C=O) groups excluding carboxylic acids is 1. The number of hydrogen-bond acceptors (Lipinski definition) is 3. The van der Waals surface area contributed by atoms with Crippen LogP contribution in [0.2, 0.25) is 0 Å². The molecule has 1 aliphatic rings. The molecule has 74 valence electrons. The molecule has 13 heavy (non-hydrogen) atoms. The standard InChI is InChI=1S/C10H16O2S/c1-3-4-5-13-7-9-6-8(2)12-10(9)11/h7-8H,3-6H2,1-2H3. The molecule has 0 aliphatic carbocycles. The van der Waals surface area contributed by atoms with Crippen LogP contribution in [0.15, 0.2) is 11.0 Å². The number of hydrogen-bond donors (Lipinski definition) is 0. The van der Waals surface area contributed by atoms with Gasteiger partial charge in [0.05, 0.1) is 0 Å². The van der Waals surface area contributed by atoms with E-state index in [9.17, 15) is 4.79 Å². The Morgan fingerprint density at radius 2 is 2.46 bits per heavy atom.